The van der Waals surface area contributed by atoms with E-state index in [-0.39, 0.29) is 5.91 Å². The van der Waals surface area contributed by atoms with Gasteiger partial charge in [-0.2, -0.15) is 0 Å². The number of H-pyrrole nitrogens is 1. The van der Waals surface area contributed by atoms with Gasteiger partial charge in [-0.15, -0.1) is 0 Å². The highest BCUT2D eigenvalue weighted by Crippen LogP contribution is 2.31. The summed E-state index contributed by atoms with van der Waals surface area (Å²) in [6, 6.07) is 7.83. The van der Waals surface area contributed by atoms with Gasteiger partial charge >= 0.3 is 0 Å². The Labute approximate surface area is 163 Å². The minimum absolute atomic E-state index is 0.121. The molecule has 1 amide bonds. The lowest BCUT2D eigenvalue weighted by atomic mass is 10.0. The zero-order chi connectivity index (χ0) is 19.5. The van der Waals surface area contributed by atoms with Crippen LogP contribution in [0.1, 0.15) is 37.3 Å². The van der Waals surface area contributed by atoms with Crippen LogP contribution in [0.3, 0.4) is 0 Å². The van der Waals surface area contributed by atoms with Gasteiger partial charge in [-0.3, -0.25) is 4.79 Å². The first-order valence-electron chi connectivity index (χ1n) is 9.80. The number of aromatic amines is 1. The van der Waals surface area contributed by atoms with E-state index < -0.39 is 0 Å². The smallest absolute Gasteiger partial charge is 0.254 e. The highest BCUT2D eigenvalue weighted by Gasteiger charge is 2.24. The molecule has 2 aromatic heterocycles. The van der Waals surface area contributed by atoms with Crippen molar-refractivity contribution in [2.75, 3.05) is 19.8 Å². The van der Waals surface area contributed by atoms with Gasteiger partial charge in [0.15, 0.2) is 0 Å². The Hall–Kier alpha value is -2.96. The number of nitrogens with one attached hydrogen (secondary N) is 1. The monoisotopic (exact) mass is 383 g/mol. The Bertz CT molecular complexity index is 975. The van der Waals surface area contributed by atoms with Gasteiger partial charge in [0.2, 0.25) is 5.91 Å². The number of hydrogen-bond donors (Lipinski definition) is 1. The first-order valence-corrected chi connectivity index (χ1v) is 9.80. The third kappa shape index (κ3) is 3.69. The molecule has 0 saturated heterocycles. The minimum Gasteiger partial charge on any atom is -0.494 e. The molecule has 0 atom stereocenters. The van der Waals surface area contributed by atoms with Gasteiger partial charge in [0, 0.05) is 60.6 Å². The van der Waals surface area contributed by atoms with Crippen LogP contribution in [0.4, 0.5) is 0 Å². The molecule has 1 aliphatic rings. The second-order valence-electron chi connectivity index (χ2n) is 6.85. The van der Waals surface area contributed by atoms with Crippen LogP contribution in [-0.2, 0) is 24.2 Å². The number of nitrogens with zero attached hydrogens (tertiary/aromatic N) is 2. The quantitative estimate of drug-likeness (QED) is 0.676. The molecule has 7 nitrogen and oxygen atoms in total. The first-order chi connectivity index (χ1) is 13.7. The van der Waals surface area contributed by atoms with Crippen LogP contribution in [0.25, 0.3) is 10.9 Å². The van der Waals surface area contributed by atoms with Crippen LogP contribution in [0.5, 0.6) is 11.6 Å². The summed E-state index contributed by atoms with van der Waals surface area (Å²) in [6.45, 7) is 6.38. The third-order valence-electron chi connectivity index (χ3n) is 5.03. The Morgan fingerprint density at radius 2 is 2.11 bits per heavy atom. The number of carbonyl (C=O) groups is 1. The Kier molecular flexibility index (Phi) is 5.23. The normalized spacial score (nSPS) is 13.6. The van der Waals surface area contributed by atoms with Crippen LogP contribution >= 0.6 is 0 Å². The third-order valence-corrected chi connectivity index (χ3v) is 5.03. The SMILES string of the molecule is CCOc1ccc2[nH]c3c(c2c1)CN(C(=O)CCc1cc(OCC)no1)CC3. The van der Waals surface area contributed by atoms with Crippen LogP contribution < -0.4 is 9.47 Å². The van der Waals surface area contributed by atoms with Crippen molar-refractivity contribution >= 4 is 16.8 Å². The van der Waals surface area contributed by atoms with E-state index in [9.17, 15) is 4.79 Å². The lowest BCUT2D eigenvalue weighted by Crippen LogP contribution is -2.35. The maximum atomic E-state index is 12.7. The van der Waals surface area contributed by atoms with Crippen LogP contribution in [0, 0.1) is 0 Å². The molecule has 0 fully saturated rings. The van der Waals surface area contributed by atoms with Crippen LogP contribution in [-0.4, -0.2) is 40.7 Å². The summed E-state index contributed by atoms with van der Waals surface area (Å²) in [7, 11) is 0. The summed E-state index contributed by atoms with van der Waals surface area (Å²) in [5.74, 6) is 2.12. The fourth-order valence-corrected chi connectivity index (χ4v) is 3.68. The molecule has 0 unspecified atom stereocenters. The van der Waals surface area contributed by atoms with Gasteiger partial charge < -0.3 is 23.9 Å². The van der Waals surface area contributed by atoms with Crippen molar-refractivity contribution in [1.29, 1.82) is 0 Å². The molecular formula is C21H25N3O4. The average molecular weight is 383 g/mol. The molecule has 0 radical (unpaired) electrons. The van der Waals surface area contributed by atoms with Crippen molar-refractivity contribution in [3.8, 4) is 11.6 Å². The molecule has 4 rings (SSSR count). The Balaban J connectivity index is 1.44. The number of aromatic nitrogens is 2. The van der Waals surface area contributed by atoms with Gasteiger partial charge in [-0.1, -0.05) is 0 Å². The lowest BCUT2D eigenvalue weighted by Gasteiger charge is -2.27. The second kappa shape index (κ2) is 7.96. The van der Waals surface area contributed by atoms with Crippen molar-refractivity contribution in [1.82, 2.24) is 15.0 Å². The molecule has 0 spiro atoms. The van der Waals surface area contributed by atoms with Crippen molar-refractivity contribution in [3.05, 3.63) is 41.3 Å². The molecular weight excluding hydrogens is 358 g/mol. The van der Waals surface area contributed by atoms with Gasteiger partial charge in [0.25, 0.3) is 5.88 Å². The summed E-state index contributed by atoms with van der Waals surface area (Å²) in [4.78, 5) is 18.1. The van der Waals surface area contributed by atoms with E-state index in [1.807, 2.05) is 30.9 Å². The number of fused-ring (bicyclic) bond motifs is 3. The molecule has 1 aromatic carbocycles. The van der Waals surface area contributed by atoms with Gasteiger partial charge in [-0.05, 0) is 37.2 Å². The molecule has 1 N–H and O–H groups in total. The average Bonchev–Trinajstić information content (AvgIpc) is 3.30. The summed E-state index contributed by atoms with van der Waals surface area (Å²) in [6.07, 6.45) is 1.74. The van der Waals surface area contributed by atoms with E-state index in [2.05, 4.69) is 16.2 Å². The van der Waals surface area contributed by atoms with E-state index in [1.165, 1.54) is 11.3 Å². The van der Waals surface area contributed by atoms with Crippen LogP contribution in [0.15, 0.2) is 28.8 Å². The number of benzene rings is 1. The maximum absolute atomic E-state index is 12.7. The minimum atomic E-state index is 0.121. The first kappa shape index (κ1) is 18.4. The Morgan fingerprint density at radius 3 is 2.93 bits per heavy atom. The molecule has 0 saturated carbocycles. The van der Waals surface area contributed by atoms with Crippen molar-refractivity contribution in [3.63, 3.8) is 0 Å². The van der Waals surface area contributed by atoms with Gasteiger partial charge in [0.1, 0.15) is 11.5 Å². The van der Waals surface area contributed by atoms with Crippen LogP contribution in [0.2, 0.25) is 0 Å². The summed E-state index contributed by atoms with van der Waals surface area (Å²) < 4.78 is 16.2. The highest BCUT2D eigenvalue weighted by atomic mass is 16.5. The standard InChI is InChI=1S/C21H25N3O4/c1-3-26-14-5-7-18-16(11-14)17-13-24(10-9-19(17)22-18)21(25)8-6-15-12-20(23-28-15)27-4-2/h5,7,11-12,22H,3-4,6,8-10,13H2,1-2H3. The Morgan fingerprint density at radius 1 is 1.25 bits per heavy atom. The second-order valence-corrected chi connectivity index (χ2v) is 6.85. The molecule has 3 heterocycles. The van der Waals surface area contributed by atoms with Crippen molar-refractivity contribution < 1.29 is 18.8 Å². The predicted octanol–water partition coefficient (Wildman–Crippen LogP) is 3.47. The topological polar surface area (TPSA) is 80.6 Å². The number of carbonyl (C=O) groups excluding carboxylic acids is 1. The van der Waals surface area contributed by atoms with Crippen molar-refractivity contribution in [2.45, 2.75) is 39.7 Å². The van der Waals surface area contributed by atoms with E-state index in [4.69, 9.17) is 14.0 Å². The zero-order valence-corrected chi connectivity index (χ0v) is 16.3. The van der Waals surface area contributed by atoms with E-state index in [1.54, 1.807) is 6.07 Å². The van der Waals surface area contributed by atoms with Gasteiger partial charge in [-0.25, -0.2) is 0 Å². The molecule has 0 aliphatic carbocycles. The summed E-state index contributed by atoms with van der Waals surface area (Å²) in [5.41, 5.74) is 3.49. The maximum Gasteiger partial charge on any atom is 0.254 e. The molecule has 3 aromatic rings. The molecule has 28 heavy (non-hydrogen) atoms. The number of ether oxygens (including phenoxy) is 2. The van der Waals surface area contributed by atoms with Gasteiger partial charge in [0.05, 0.1) is 13.2 Å². The van der Waals surface area contributed by atoms with E-state index >= 15 is 0 Å². The summed E-state index contributed by atoms with van der Waals surface area (Å²) in [5, 5.41) is 4.97. The zero-order valence-electron chi connectivity index (χ0n) is 16.3. The number of amides is 1. The van der Waals surface area contributed by atoms with Crippen molar-refractivity contribution in [2.24, 2.45) is 0 Å². The lowest BCUT2D eigenvalue weighted by molar-refractivity contribution is -0.132. The van der Waals surface area contributed by atoms with E-state index in [0.29, 0.717) is 44.2 Å². The number of rotatable bonds is 7. The fourth-order valence-electron chi connectivity index (χ4n) is 3.68. The highest BCUT2D eigenvalue weighted by molar-refractivity contribution is 5.87. The number of hydrogen-bond acceptors (Lipinski definition) is 5. The molecule has 7 heteroatoms. The molecule has 148 valence electrons. The number of aryl methyl sites for hydroxylation is 1. The molecule has 1 aliphatic heterocycles. The summed E-state index contributed by atoms with van der Waals surface area (Å²) >= 11 is 0. The van der Waals surface area contributed by atoms with E-state index in [0.717, 1.165) is 29.6 Å². The largest absolute Gasteiger partial charge is 0.494 e. The fraction of sp³-hybridized carbons (Fsp3) is 0.429. The molecule has 0 bridgehead atoms. The predicted molar refractivity (Wildman–Crippen MR) is 105 cm³/mol.